The summed E-state index contributed by atoms with van der Waals surface area (Å²) in [5, 5.41) is 5.13. The van der Waals surface area contributed by atoms with Gasteiger partial charge in [0.2, 0.25) is 5.91 Å². The Labute approximate surface area is 149 Å². The summed E-state index contributed by atoms with van der Waals surface area (Å²) < 4.78 is 13.3. The van der Waals surface area contributed by atoms with Crippen molar-refractivity contribution in [2.75, 3.05) is 11.9 Å². The van der Waals surface area contributed by atoms with Crippen molar-refractivity contribution < 1.29 is 14.0 Å². The van der Waals surface area contributed by atoms with E-state index < -0.39 is 11.7 Å². The first-order valence-corrected chi connectivity index (χ1v) is 7.97. The van der Waals surface area contributed by atoms with Crippen LogP contribution in [-0.4, -0.2) is 28.3 Å². The van der Waals surface area contributed by atoms with Crippen LogP contribution in [0, 0.1) is 12.7 Å². The van der Waals surface area contributed by atoms with Crippen LogP contribution in [0.25, 0.3) is 11.4 Å². The number of H-pyrrole nitrogens is 1. The first kappa shape index (κ1) is 17.3. The molecule has 0 fully saturated rings. The van der Waals surface area contributed by atoms with Crippen LogP contribution in [0.1, 0.15) is 15.9 Å². The van der Waals surface area contributed by atoms with Gasteiger partial charge in [0.15, 0.2) is 0 Å². The van der Waals surface area contributed by atoms with E-state index in [9.17, 15) is 14.0 Å². The lowest BCUT2D eigenvalue weighted by molar-refractivity contribution is -0.115. The molecule has 0 aliphatic heterocycles. The van der Waals surface area contributed by atoms with Crippen LogP contribution >= 0.6 is 0 Å². The molecule has 0 aliphatic rings. The molecule has 0 bridgehead atoms. The molecule has 26 heavy (non-hydrogen) atoms. The largest absolute Gasteiger partial charge is 0.345 e. The van der Waals surface area contributed by atoms with Gasteiger partial charge in [-0.1, -0.05) is 18.2 Å². The number of halogens is 1. The number of nitrogens with zero attached hydrogens (tertiary/aromatic N) is 1. The Kier molecular flexibility index (Phi) is 5.07. The number of imidazole rings is 1. The number of nitrogens with one attached hydrogen (secondary N) is 3. The van der Waals surface area contributed by atoms with Crippen LogP contribution in [0.5, 0.6) is 0 Å². The maximum atomic E-state index is 13.3. The van der Waals surface area contributed by atoms with E-state index >= 15 is 0 Å². The first-order valence-electron chi connectivity index (χ1n) is 7.97. The van der Waals surface area contributed by atoms with Gasteiger partial charge in [-0.25, -0.2) is 9.37 Å². The third-order valence-electron chi connectivity index (χ3n) is 3.78. The quantitative estimate of drug-likeness (QED) is 0.660. The summed E-state index contributed by atoms with van der Waals surface area (Å²) >= 11 is 0. The molecule has 1 heterocycles. The highest BCUT2D eigenvalue weighted by Gasteiger charge is 2.11. The van der Waals surface area contributed by atoms with E-state index in [0.717, 1.165) is 11.1 Å². The van der Waals surface area contributed by atoms with Crippen LogP contribution in [-0.2, 0) is 4.79 Å². The molecular formula is C19H17FN4O2. The molecule has 2 amide bonds. The fourth-order valence-corrected chi connectivity index (χ4v) is 2.42. The predicted molar refractivity (Wildman–Crippen MR) is 96.1 cm³/mol. The van der Waals surface area contributed by atoms with Gasteiger partial charge in [0.1, 0.15) is 11.6 Å². The van der Waals surface area contributed by atoms with E-state index in [1.165, 1.54) is 12.1 Å². The van der Waals surface area contributed by atoms with Crippen molar-refractivity contribution in [2.24, 2.45) is 0 Å². The van der Waals surface area contributed by atoms with E-state index in [2.05, 4.69) is 20.6 Å². The van der Waals surface area contributed by atoms with E-state index in [4.69, 9.17) is 0 Å². The van der Waals surface area contributed by atoms with Crippen LogP contribution in [0.2, 0.25) is 0 Å². The number of aromatic amines is 1. The van der Waals surface area contributed by atoms with E-state index in [1.54, 1.807) is 43.6 Å². The van der Waals surface area contributed by atoms with Crippen LogP contribution in [0.4, 0.5) is 10.1 Å². The number of aromatic nitrogens is 2. The summed E-state index contributed by atoms with van der Waals surface area (Å²) in [7, 11) is 0. The van der Waals surface area contributed by atoms with E-state index in [0.29, 0.717) is 17.1 Å². The average molecular weight is 352 g/mol. The molecule has 3 N–H and O–H groups in total. The fraction of sp³-hybridized carbons (Fsp3) is 0.105. The molecule has 0 atom stereocenters. The van der Waals surface area contributed by atoms with Gasteiger partial charge in [0.25, 0.3) is 5.91 Å². The number of aryl methyl sites for hydroxylation is 1. The minimum atomic E-state index is -0.440. The van der Waals surface area contributed by atoms with Gasteiger partial charge in [0, 0.05) is 29.2 Å². The third kappa shape index (κ3) is 4.13. The Hall–Kier alpha value is -3.48. The van der Waals surface area contributed by atoms with Crippen molar-refractivity contribution in [3.05, 3.63) is 71.8 Å². The molecule has 2 aromatic carbocycles. The average Bonchev–Trinajstić information content (AvgIpc) is 3.17. The third-order valence-corrected chi connectivity index (χ3v) is 3.78. The van der Waals surface area contributed by atoms with Crippen molar-refractivity contribution in [2.45, 2.75) is 6.92 Å². The topological polar surface area (TPSA) is 86.9 Å². The van der Waals surface area contributed by atoms with Gasteiger partial charge in [-0.05, 0) is 36.8 Å². The second-order valence-electron chi connectivity index (χ2n) is 5.71. The first-order chi connectivity index (χ1) is 12.5. The second kappa shape index (κ2) is 7.60. The molecule has 1 aromatic heterocycles. The lowest BCUT2D eigenvalue weighted by atomic mass is 10.1. The standard InChI is InChI=1S/C19H17FN4O2/c1-12-5-6-15(20)10-16(12)24-17(25)11-23-19(26)14-4-2-3-13(9-14)18-21-7-8-22-18/h2-10H,11H2,1H3,(H,21,22)(H,23,26)(H,24,25). The highest BCUT2D eigenvalue weighted by molar-refractivity contribution is 6.00. The van der Waals surface area contributed by atoms with Crippen LogP contribution in [0.15, 0.2) is 54.9 Å². The summed E-state index contributed by atoms with van der Waals surface area (Å²) in [6.45, 7) is 1.54. The lowest BCUT2D eigenvalue weighted by Gasteiger charge is -2.10. The normalized spacial score (nSPS) is 10.4. The molecule has 3 rings (SSSR count). The Balaban J connectivity index is 1.61. The SMILES string of the molecule is Cc1ccc(F)cc1NC(=O)CNC(=O)c1cccc(-c2ncc[nH]2)c1. The number of carbonyl (C=O) groups excluding carboxylic acids is 2. The molecule has 0 spiro atoms. The van der Waals surface area contributed by atoms with Gasteiger partial charge in [-0.15, -0.1) is 0 Å². The predicted octanol–water partition coefficient (Wildman–Crippen LogP) is 2.89. The number of anilines is 1. The molecule has 0 aliphatic carbocycles. The molecule has 0 unspecified atom stereocenters. The highest BCUT2D eigenvalue weighted by Crippen LogP contribution is 2.17. The van der Waals surface area contributed by atoms with Gasteiger partial charge in [-0.3, -0.25) is 9.59 Å². The van der Waals surface area contributed by atoms with Gasteiger partial charge in [-0.2, -0.15) is 0 Å². The van der Waals surface area contributed by atoms with Crippen molar-refractivity contribution in [1.29, 1.82) is 0 Å². The Morgan fingerprint density at radius 2 is 2.04 bits per heavy atom. The lowest BCUT2D eigenvalue weighted by Crippen LogP contribution is -2.33. The minimum Gasteiger partial charge on any atom is -0.345 e. The zero-order chi connectivity index (χ0) is 18.5. The summed E-state index contributed by atoms with van der Waals surface area (Å²) in [6, 6.07) is 11.0. The molecular weight excluding hydrogens is 335 g/mol. The molecule has 132 valence electrons. The fourth-order valence-electron chi connectivity index (χ4n) is 2.42. The maximum Gasteiger partial charge on any atom is 0.251 e. The zero-order valence-electron chi connectivity index (χ0n) is 14.0. The smallest absolute Gasteiger partial charge is 0.251 e. The highest BCUT2D eigenvalue weighted by atomic mass is 19.1. The van der Waals surface area contributed by atoms with Crippen molar-refractivity contribution in [3.63, 3.8) is 0 Å². The summed E-state index contributed by atoms with van der Waals surface area (Å²) in [5.74, 6) is -0.609. The van der Waals surface area contributed by atoms with Gasteiger partial charge in [0.05, 0.1) is 6.54 Å². The second-order valence-corrected chi connectivity index (χ2v) is 5.71. The van der Waals surface area contributed by atoms with Crippen LogP contribution < -0.4 is 10.6 Å². The summed E-state index contributed by atoms with van der Waals surface area (Å²) in [6.07, 6.45) is 3.32. The summed E-state index contributed by atoms with van der Waals surface area (Å²) in [4.78, 5) is 31.4. The number of benzene rings is 2. The van der Waals surface area contributed by atoms with Crippen molar-refractivity contribution in [3.8, 4) is 11.4 Å². The molecule has 7 heteroatoms. The van der Waals surface area contributed by atoms with Gasteiger partial charge < -0.3 is 15.6 Å². The zero-order valence-corrected chi connectivity index (χ0v) is 14.0. The number of hydrogen-bond acceptors (Lipinski definition) is 3. The van der Waals surface area contributed by atoms with E-state index in [-0.39, 0.29) is 12.5 Å². The Morgan fingerprint density at radius 3 is 2.81 bits per heavy atom. The Morgan fingerprint density at radius 1 is 1.19 bits per heavy atom. The number of amides is 2. The van der Waals surface area contributed by atoms with Gasteiger partial charge >= 0.3 is 0 Å². The molecule has 0 saturated carbocycles. The van der Waals surface area contributed by atoms with Crippen LogP contribution in [0.3, 0.4) is 0 Å². The molecule has 0 saturated heterocycles. The maximum absolute atomic E-state index is 13.3. The molecule has 0 radical (unpaired) electrons. The number of rotatable bonds is 5. The molecule has 3 aromatic rings. The number of hydrogen-bond donors (Lipinski definition) is 3. The van der Waals surface area contributed by atoms with E-state index in [1.807, 2.05) is 6.07 Å². The number of carbonyl (C=O) groups is 2. The minimum absolute atomic E-state index is 0.222. The molecule has 6 nitrogen and oxygen atoms in total. The Bertz CT molecular complexity index is 938. The summed E-state index contributed by atoms with van der Waals surface area (Å²) in [5.41, 5.74) is 2.29. The monoisotopic (exact) mass is 352 g/mol. The van der Waals surface area contributed by atoms with Crippen molar-refractivity contribution in [1.82, 2.24) is 15.3 Å². The van der Waals surface area contributed by atoms with Crippen molar-refractivity contribution >= 4 is 17.5 Å².